The van der Waals surface area contributed by atoms with Gasteiger partial charge in [-0.05, 0) is 43.2 Å². The number of pyridine rings is 1. The molecule has 27 heavy (non-hydrogen) atoms. The lowest BCUT2D eigenvalue weighted by molar-refractivity contribution is 0.0790. The number of para-hydroxylation sites is 1. The molecule has 0 aliphatic carbocycles. The van der Waals surface area contributed by atoms with E-state index in [1.54, 1.807) is 30.4 Å². The fraction of sp³-hybridized carbons (Fsp3) is 0.238. The number of rotatable bonds is 7. The summed E-state index contributed by atoms with van der Waals surface area (Å²) < 4.78 is 0. The number of carbonyl (C=O) groups excluding carboxylic acids is 1. The molecule has 1 aromatic carbocycles. The maximum Gasteiger partial charge on any atom is 0.272 e. The first-order valence-electron chi connectivity index (χ1n) is 8.98. The Morgan fingerprint density at radius 2 is 1.78 bits per heavy atom. The molecule has 0 atom stereocenters. The number of anilines is 2. The molecule has 2 heterocycles. The van der Waals surface area contributed by atoms with E-state index in [0.29, 0.717) is 18.1 Å². The van der Waals surface area contributed by atoms with Crippen LogP contribution in [0.15, 0.2) is 67.3 Å². The van der Waals surface area contributed by atoms with Gasteiger partial charge in [0, 0.05) is 44.3 Å². The van der Waals surface area contributed by atoms with Gasteiger partial charge < -0.3 is 9.80 Å². The number of hydrogen-bond acceptors (Lipinski definition) is 5. The molecule has 0 aliphatic heterocycles. The van der Waals surface area contributed by atoms with Crippen LogP contribution in [-0.4, -0.2) is 45.9 Å². The summed E-state index contributed by atoms with van der Waals surface area (Å²) in [5, 5.41) is 0. The van der Waals surface area contributed by atoms with Gasteiger partial charge in [0.2, 0.25) is 0 Å². The number of likely N-dealkylation sites (N-methyl/N-ethyl adjacent to an activating group) is 1. The van der Waals surface area contributed by atoms with Gasteiger partial charge in [-0.3, -0.25) is 9.78 Å². The topological polar surface area (TPSA) is 62.2 Å². The molecule has 2 aromatic heterocycles. The van der Waals surface area contributed by atoms with Crippen LogP contribution in [0.25, 0.3) is 0 Å². The smallest absolute Gasteiger partial charge is 0.272 e. The standard InChI is InChI=1S/C21H23N5O/c1-3-26(18-7-5-4-6-8-18)20-15-19(23-16-24-20)21(27)25(2)14-11-17-9-12-22-13-10-17/h4-10,12-13,15-16H,3,11,14H2,1-2H3. The van der Waals surface area contributed by atoms with E-state index in [-0.39, 0.29) is 5.91 Å². The minimum absolute atomic E-state index is 0.114. The van der Waals surface area contributed by atoms with Crippen LogP contribution >= 0.6 is 0 Å². The van der Waals surface area contributed by atoms with Gasteiger partial charge in [0.05, 0.1) is 0 Å². The Bertz CT molecular complexity index is 870. The zero-order chi connectivity index (χ0) is 19.1. The fourth-order valence-electron chi connectivity index (χ4n) is 2.84. The van der Waals surface area contributed by atoms with Crippen LogP contribution in [0.2, 0.25) is 0 Å². The van der Waals surface area contributed by atoms with E-state index in [1.807, 2.05) is 42.5 Å². The molecule has 3 rings (SSSR count). The van der Waals surface area contributed by atoms with Crippen molar-refractivity contribution < 1.29 is 4.79 Å². The lowest BCUT2D eigenvalue weighted by Crippen LogP contribution is -2.30. The summed E-state index contributed by atoms with van der Waals surface area (Å²) in [4.78, 5) is 29.1. The Balaban J connectivity index is 1.73. The summed E-state index contributed by atoms with van der Waals surface area (Å²) in [5.74, 6) is 0.599. The Morgan fingerprint density at radius 3 is 2.48 bits per heavy atom. The third kappa shape index (κ3) is 4.67. The molecule has 6 heteroatoms. The van der Waals surface area contributed by atoms with Gasteiger partial charge in [0.15, 0.2) is 0 Å². The van der Waals surface area contributed by atoms with Crippen molar-refractivity contribution in [3.63, 3.8) is 0 Å². The van der Waals surface area contributed by atoms with Crippen molar-refractivity contribution >= 4 is 17.4 Å². The van der Waals surface area contributed by atoms with Gasteiger partial charge in [0.25, 0.3) is 5.91 Å². The minimum Gasteiger partial charge on any atom is -0.340 e. The van der Waals surface area contributed by atoms with Crippen LogP contribution in [0.1, 0.15) is 23.0 Å². The monoisotopic (exact) mass is 361 g/mol. The second-order valence-corrected chi connectivity index (χ2v) is 6.17. The average Bonchev–Trinajstić information content (AvgIpc) is 2.74. The largest absolute Gasteiger partial charge is 0.340 e. The third-order valence-corrected chi connectivity index (χ3v) is 4.36. The van der Waals surface area contributed by atoms with Gasteiger partial charge in [-0.25, -0.2) is 9.97 Å². The summed E-state index contributed by atoms with van der Waals surface area (Å²) in [6.45, 7) is 3.41. The van der Waals surface area contributed by atoms with Crippen molar-refractivity contribution in [3.8, 4) is 0 Å². The number of benzene rings is 1. The Hall–Kier alpha value is -3.28. The number of amides is 1. The van der Waals surface area contributed by atoms with Crippen LogP contribution in [0.3, 0.4) is 0 Å². The van der Waals surface area contributed by atoms with E-state index >= 15 is 0 Å². The van der Waals surface area contributed by atoms with Crippen molar-refractivity contribution in [2.45, 2.75) is 13.3 Å². The molecular weight excluding hydrogens is 338 g/mol. The molecule has 0 saturated heterocycles. The number of hydrogen-bond donors (Lipinski definition) is 0. The van der Waals surface area contributed by atoms with Gasteiger partial charge in [-0.1, -0.05) is 18.2 Å². The van der Waals surface area contributed by atoms with Crippen LogP contribution in [0, 0.1) is 0 Å². The van der Waals surface area contributed by atoms with Crippen molar-refractivity contribution in [2.75, 3.05) is 25.0 Å². The molecule has 0 saturated carbocycles. The minimum atomic E-state index is -0.114. The molecule has 0 aliphatic rings. The second-order valence-electron chi connectivity index (χ2n) is 6.17. The van der Waals surface area contributed by atoms with E-state index < -0.39 is 0 Å². The molecule has 0 N–H and O–H groups in total. The number of carbonyl (C=O) groups is 1. The summed E-state index contributed by atoms with van der Waals surface area (Å²) in [6.07, 6.45) is 5.74. The quantitative estimate of drug-likeness (QED) is 0.646. The van der Waals surface area contributed by atoms with Crippen LogP contribution in [-0.2, 0) is 6.42 Å². The lowest BCUT2D eigenvalue weighted by Gasteiger charge is -2.23. The molecule has 3 aromatic rings. The summed E-state index contributed by atoms with van der Waals surface area (Å²) in [6, 6.07) is 15.7. The molecule has 0 radical (unpaired) electrons. The third-order valence-electron chi connectivity index (χ3n) is 4.36. The Kier molecular flexibility index (Phi) is 6.10. The highest BCUT2D eigenvalue weighted by atomic mass is 16.2. The highest BCUT2D eigenvalue weighted by Crippen LogP contribution is 2.23. The van der Waals surface area contributed by atoms with Crippen molar-refractivity contribution in [1.82, 2.24) is 19.9 Å². The van der Waals surface area contributed by atoms with Gasteiger partial charge in [-0.15, -0.1) is 0 Å². The first kappa shape index (κ1) is 18.5. The van der Waals surface area contributed by atoms with E-state index in [0.717, 1.165) is 24.2 Å². The zero-order valence-electron chi connectivity index (χ0n) is 15.6. The first-order valence-corrected chi connectivity index (χ1v) is 8.98. The maximum atomic E-state index is 12.8. The Labute approximate surface area is 159 Å². The Morgan fingerprint density at radius 1 is 1.04 bits per heavy atom. The van der Waals surface area contributed by atoms with E-state index in [9.17, 15) is 4.79 Å². The molecule has 0 unspecified atom stereocenters. The van der Waals surface area contributed by atoms with Crippen molar-refractivity contribution in [3.05, 3.63) is 78.5 Å². The average molecular weight is 361 g/mol. The molecular formula is C21H23N5O. The molecule has 0 bridgehead atoms. The van der Waals surface area contributed by atoms with Crippen LogP contribution < -0.4 is 4.90 Å². The normalized spacial score (nSPS) is 10.4. The molecule has 0 fully saturated rings. The number of aromatic nitrogens is 3. The lowest BCUT2D eigenvalue weighted by atomic mass is 10.2. The van der Waals surface area contributed by atoms with E-state index in [4.69, 9.17) is 0 Å². The maximum absolute atomic E-state index is 12.8. The highest BCUT2D eigenvalue weighted by molar-refractivity contribution is 5.92. The van der Waals surface area contributed by atoms with E-state index in [1.165, 1.54) is 6.33 Å². The molecule has 6 nitrogen and oxygen atoms in total. The van der Waals surface area contributed by atoms with Gasteiger partial charge in [-0.2, -0.15) is 0 Å². The molecule has 1 amide bonds. The second kappa shape index (κ2) is 8.89. The molecule has 138 valence electrons. The summed E-state index contributed by atoms with van der Waals surface area (Å²) in [5.41, 5.74) is 2.57. The van der Waals surface area contributed by atoms with Crippen LogP contribution in [0.4, 0.5) is 11.5 Å². The van der Waals surface area contributed by atoms with Crippen molar-refractivity contribution in [2.24, 2.45) is 0 Å². The molecule has 0 spiro atoms. The summed E-state index contributed by atoms with van der Waals surface area (Å²) >= 11 is 0. The number of nitrogens with zero attached hydrogens (tertiary/aromatic N) is 5. The van der Waals surface area contributed by atoms with Gasteiger partial charge >= 0.3 is 0 Å². The first-order chi connectivity index (χ1) is 13.2. The van der Waals surface area contributed by atoms with Gasteiger partial charge in [0.1, 0.15) is 17.8 Å². The highest BCUT2D eigenvalue weighted by Gasteiger charge is 2.16. The van der Waals surface area contributed by atoms with Crippen LogP contribution in [0.5, 0.6) is 0 Å². The van der Waals surface area contributed by atoms with Crippen molar-refractivity contribution in [1.29, 1.82) is 0 Å². The fourth-order valence-corrected chi connectivity index (χ4v) is 2.84. The zero-order valence-corrected chi connectivity index (χ0v) is 15.6. The summed E-state index contributed by atoms with van der Waals surface area (Å²) in [7, 11) is 1.79. The predicted octanol–water partition coefficient (Wildman–Crippen LogP) is 3.34. The predicted molar refractivity (Wildman–Crippen MR) is 106 cm³/mol. The van der Waals surface area contributed by atoms with E-state index in [2.05, 4.69) is 26.8 Å². The SMILES string of the molecule is CCN(c1ccccc1)c1cc(C(=O)N(C)CCc2ccncc2)ncn1.